The lowest BCUT2D eigenvalue weighted by atomic mass is 9.94. The van der Waals surface area contributed by atoms with Gasteiger partial charge in [0.05, 0.1) is 23.4 Å². The summed E-state index contributed by atoms with van der Waals surface area (Å²) >= 11 is 0. The first-order valence-electron chi connectivity index (χ1n) is 11.6. The number of nitriles is 1. The Morgan fingerprint density at radius 3 is 2.73 bits per heavy atom. The maximum atomic E-state index is 12.9. The third kappa shape index (κ3) is 4.93. The van der Waals surface area contributed by atoms with Gasteiger partial charge in [0, 0.05) is 36.3 Å². The van der Waals surface area contributed by atoms with Crippen LogP contribution in [0.1, 0.15) is 50.7 Å². The fraction of sp³-hybridized carbons (Fsp3) is 0.370. The number of carbonyl (C=O) groups excluding carboxylic acids is 1. The molecule has 0 bridgehead atoms. The Kier molecular flexibility index (Phi) is 6.79. The molecular weight excluding hydrogens is 412 g/mol. The number of nitrogens with one attached hydrogen (secondary N) is 1. The van der Waals surface area contributed by atoms with Crippen molar-refractivity contribution in [1.29, 1.82) is 5.26 Å². The summed E-state index contributed by atoms with van der Waals surface area (Å²) in [6, 6.07) is 16.1. The summed E-state index contributed by atoms with van der Waals surface area (Å²) in [4.78, 5) is 19.6. The van der Waals surface area contributed by atoms with E-state index < -0.39 is 0 Å². The maximum absolute atomic E-state index is 12.9. The van der Waals surface area contributed by atoms with E-state index in [9.17, 15) is 10.1 Å². The van der Waals surface area contributed by atoms with Crippen molar-refractivity contribution in [1.82, 2.24) is 4.98 Å². The van der Waals surface area contributed by atoms with Crippen molar-refractivity contribution in [2.75, 3.05) is 29.9 Å². The van der Waals surface area contributed by atoms with Gasteiger partial charge in [0.25, 0.3) is 0 Å². The topological polar surface area (TPSA) is 78.2 Å². The number of amides is 1. The first kappa shape index (κ1) is 22.6. The fourth-order valence-corrected chi connectivity index (χ4v) is 4.42. The van der Waals surface area contributed by atoms with Gasteiger partial charge in [-0.3, -0.25) is 9.78 Å². The molecule has 33 heavy (non-hydrogen) atoms. The molecule has 0 radical (unpaired) electrons. The summed E-state index contributed by atoms with van der Waals surface area (Å²) in [7, 11) is 0. The minimum atomic E-state index is -0.0541. The molecule has 0 spiro atoms. The highest BCUT2D eigenvalue weighted by atomic mass is 16.5. The molecule has 1 aliphatic heterocycles. The lowest BCUT2D eigenvalue weighted by Gasteiger charge is -2.34. The van der Waals surface area contributed by atoms with Crippen molar-refractivity contribution in [2.24, 2.45) is 5.92 Å². The van der Waals surface area contributed by atoms with Gasteiger partial charge < -0.3 is 15.0 Å². The second kappa shape index (κ2) is 9.91. The van der Waals surface area contributed by atoms with Gasteiger partial charge in [-0.05, 0) is 61.6 Å². The van der Waals surface area contributed by atoms with Crippen molar-refractivity contribution in [2.45, 2.75) is 39.5 Å². The van der Waals surface area contributed by atoms with Crippen LogP contribution in [0.15, 0.2) is 48.7 Å². The zero-order valence-corrected chi connectivity index (χ0v) is 19.5. The van der Waals surface area contributed by atoms with E-state index in [-0.39, 0.29) is 11.8 Å². The van der Waals surface area contributed by atoms with Crippen molar-refractivity contribution in [3.8, 4) is 11.8 Å². The summed E-state index contributed by atoms with van der Waals surface area (Å²) in [6.07, 6.45) is 3.10. The van der Waals surface area contributed by atoms with E-state index in [1.807, 2.05) is 37.3 Å². The highest BCUT2D eigenvalue weighted by molar-refractivity contribution is 5.96. The van der Waals surface area contributed by atoms with E-state index in [2.05, 4.69) is 47.3 Å². The molecule has 0 aliphatic carbocycles. The summed E-state index contributed by atoms with van der Waals surface area (Å²) in [5.74, 6) is 1.19. The van der Waals surface area contributed by atoms with Gasteiger partial charge in [0.15, 0.2) is 0 Å². The van der Waals surface area contributed by atoms with Gasteiger partial charge in [-0.2, -0.15) is 5.26 Å². The number of aromatic nitrogens is 1. The third-order valence-electron chi connectivity index (χ3n) is 6.25. The van der Waals surface area contributed by atoms with Crippen LogP contribution in [-0.2, 0) is 4.79 Å². The van der Waals surface area contributed by atoms with Crippen LogP contribution in [0.25, 0.3) is 10.9 Å². The van der Waals surface area contributed by atoms with Crippen LogP contribution in [-0.4, -0.2) is 30.6 Å². The van der Waals surface area contributed by atoms with Crippen LogP contribution in [0.4, 0.5) is 11.4 Å². The molecule has 6 nitrogen and oxygen atoms in total. The molecule has 1 amide bonds. The van der Waals surface area contributed by atoms with Crippen molar-refractivity contribution in [3.63, 3.8) is 0 Å². The number of piperidine rings is 1. The van der Waals surface area contributed by atoms with Crippen LogP contribution in [0, 0.1) is 17.2 Å². The second-order valence-corrected chi connectivity index (χ2v) is 8.77. The molecule has 2 heterocycles. The number of pyridine rings is 1. The third-order valence-corrected chi connectivity index (χ3v) is 6.25. The van der Waals surface area contributed by atoms with E-state index in [1.54, 1.807) is 6.20 Å². The second-order valence-electron chi connectivity index (χ2n) is 8.77. The van der Waals surface area contributed by atoms with Gasteiger partial charge in [-0.15, -0.1) is 0 Å². The quantitative estimate of drug-likeness (QED) is 0.547. The summed E-state index contributed by atoms with van der Waals surface area (Å²) in [6.45, 7) is 8.23. The number of carbonyl (C=O) groups is 1. The van der Waals surface area contributed by atoms with Crippen LogP contribution >= 0.6 is 0 Å². The van der Waals surface area contributed by atoms with E-state index in [4.69, 9.17) is 4.74 Å². The van der Waals surface area contributed by atoms with Gasteiger partial charge in [0.2, 0.25) is 5.91 Å². The first-order valence-corrected chi connectivity index (χ1v) is 11.6. The summed E-state index contributed by atoms with van der Waals surface area (Å²) < 4.78 is 5.68. The molecule has 0 unspecified atom stereocenters. The molecule has 1 N–H and O–H groups in total. The number of rotatable bonds is 6. The van der Waals surface area contributed by atoms with Crippen molar-refractivity contribution >= 4 is 28.2 Å². The van der Waals surface area contributed by atoms with Crippen LogP contribution in [0.3, 0.4) is 0 Å². The molecule has 170 valence electrons. The predicted octanol–water partition coefficient (Wildman–Crippen LogP) is 5.48. The van der Waals surface area contributed by atoms with Crippen LogP contribution < -0.4 is 15.0 Å². The molecule has 1 saturated heterocycles. The minimum Gasteiger partial charge on any atom is -0.494 e. The zero-order chi connectivity index (χ0) is 23.4. The predicted molar refractivity (Wildman–Crippen MR) is 132 cm³/mol. The Balaban J connectivity index is 1.50. The van der Waals surface area contributed by atoms with Gasteiger partial charge >= 0.3 is 0 Å². The summed E-state index contributed by atoms with van der Waals surface area (Å²) in [5, 5.41) is 13.7. The molecule has 1 aromatic heterocycles. The number of anilines is 2. The number of ether oxygens (including phenoxy) is 1. The fourth-order valence-electron chi connectivity index (χ4n) is 4.42. The highest BCUT2D eigenvalue weighted by Gasteiger charge is 2.27. The van der Waals surface area contributed by atoms with E-state index in [1.165, 1.54) is 5.56 Å². The SMILES string of the molecule is CCOc1ccc2ncc(C#N)c(N3CCC(C(=O)Nc4cccc(C(C)C)c4)CC3)c2c1. The molecule has 4 rings (SSSR count). The molecular formula is C27H30N4O2. The normalized spacial score (nSPS) is 14.3. The number of nitrogens with zero attached hydrogens (tertiary/aromatic N) is 3. The Hall–Kier alpha value is -3.59. The number of benzene rings is 2. The number of hydrogen-bond acceptors (Lipinski definition) is 5. The molecule has 0 saturated carbocycles. The van der Waals surface area contributed by atoms with Crippen LogP contribution in [0.5, 0.6) is 5.75 Å². The average Bonchev–Trinajstić information content (AvgIpc) is 2.83. The van der Waals surface area contributed by atoms with Gasteiger partial charge in [-0.25, -0.2) is 0 Å². The molecule has 6 heteroatoms. The highest BCUT2D eigenvalue weighted by Crippen LogP contribution is 2.34. The molecule has 3 aromatic rings. The van der Waals surface area contributed by atoms with Crippen molar-refractivity contribution < 1.29 is 9.53 Å². The Bertz CT molecular complexity index is 1190. The minimum absolute atomic E-state index is 0.0541. The lowest BCUT2D eigenvalue weighted by Crippen LogP contribution is -2.38. The van der Waals surface area contributed by atoms with Gasteiger partial charge in [-0.1, -0.05) is 26.0 Å². The Morgan fingerprint density at radius 2 is 2.03 bits per heavy atom. The Morgan fingerprint density at radius 1 is 1.24 bits per heavy atom. The maximum Gasteiger partial charge on any atom is 0.227 e. The zero-order valence-electron chi connectivity index (χ0n) is 19.5. The molecule has 0 atom stereocenters. The monoisotopic (exact) mass is 442 g/mol. The van der Waals surface area contributed by atoms with Gasteiger partial charge in [0.1, 0.15) is 11.8 Å². The van der Waals surface area contributed by atoms with Crippen LogP contribution in [0.2, 0.25) is 0 Å². The molecule has 1 fully saturated rings. The van der Waals surface area contributed by atoms with E-state index in [0.29, 0.717) is 31.2 Å². The smallest absolute Gasteiger partial charge is 0.227 e. The largest absolute Gasteiger partial charge is 0.494 e. The summed E-state index contributed by atoms with van der Waals surface area (Å²) in [5.41, 5.74) is 4.32. The first-order chi connectivity index (χ1) is 16.0. The number of fused-ring (bicyclic) bond motifs is 1. The van der Waals surface area contributed by atoms with E-state index >= 15 is 0 Å². The van der Waals surface area contributed by atoms with E-state index in [0.717, 1.165) is 40.9 Å². The van der Waals surface area contributed by atoms with Crippen molar-refractivity contribution in [3.05, 3.63) is 59.8 Å². The molecule has 1 aliphatic rings. The number of hydrogen-bond donors (Lipinski definition) is 1. The molecule has 2 aromatic carbocycles. The lowest BCUT2D eigenvalue weighted by molar-refractivity contribution is -0.120. The Labute approximate surface area is 195 Å². The average molecular weight is 443 g/mol. The standard InChI is InChI=1S/C27H30N4O2/c1-4-33-23-8-9-25-24(15-23)26(21(16-28)17-29-25)31-12-10-19(11-13-31)27(32)30-22-7-5-6-20(14-22)18(2)3/h5-9,14-15,17-19H,4,10-13H2,1-3H3,(H,30,32).